The summed E-state index contributed by atoms with van der Waals surface area (Å²) in [5.74, 6) is -0.627. The maximum Gasteiger partial charge on any atom is 0.344 e. The highest BCUT2D eigenvalue weighted by molar-refractivity contribution is 8.13. The quantitative estimate of drug-likeness (QED) is 0.297. The molecular formula is C15H19NO3S. The second-order valence-corrected chi connectivity index (χ2v) is 4.79. The molecular weight excluding hydrogens is 274 g/mol. The molecule has 0 aliphatic rings. The first kappa shape index (κ1) is 16.3. The Morgan fingerprint density at radius 3 is 2.50 bits per heavy atom. The number of carbonyl (C=O) groups is 1. The molecule has 0 spiro atoms. The molecule has 0 fully saturated rings. The first-order valence-corrected chi connectivity index (χ1v) is 7.52. The van der Waals surface area contributed by atoms with Crippen molar-refractivity contribution in [2.45, 2.75) is 20.4 Å². The minimum atomic E-state index is -0.548. The topological polar surface area (TPSA) is 58.9 Å². The molecule has 1 rings (SSSR count). The number of esters is 1. The Morgan fingerprint density at radius 1 is 1.35 bits per heavy atom. The van der Waals surface area contributed by atoms with Gasteiger partial charge in [-0.3, -0.25) is 4.99 Å². The highest BCUT2D eigenvalue weighted by Crippen LogP contribution is 2.16. The lowest BCUT2D eigenvalue weighted by molar-refractivity contribution is -0.138. The molecule has 0 aliphatic carbocycles. The van der Waals surface area contributed by atoms with Gasteiger partial charge in [0.25, 0.3) is 0 Å². The van der Waals surface area contributed by atoms with Crippen molar-refractivity contribution in [1.82, 2.24) is 0 Å². The first-order valence-electron chi connectivity index (χ1n) is 6.29. The number of thioether (sulfide) groups is 1. The number of aliphatic hydroxyl groups excluding tert-OH is 1. The Bertz CT molecular complexity index is 505. The Balaban J connectivity index is 2.97. The third-order valence-corrected chi connectivity index (χ3v) is 3.22. The lowest BCUT2D eigenvalue weighted by Crippen LogP contribution is -2.16. The summed E-state index contributed by atoms with van der Waals surface area (Å²) in [6.45, 7) is 3.89. The Labute approximate surface area is 123 Å². The molecule has 0 aliphatic heterocycles. The summed E-state index contributed by atoms with van der Waals surface area (Å²) in [5.41, 5.74) is 1.17. The van der Waals surface area contributed by atoms with Crippen molar-refractivity contribution in [1.29, 1.82) is 0 Å². The molecule has 0 radical (unpaired) electrons. The van der Waals surface area contributed by atoms with Gasteiger partial charge in [0.15, 0.2) is 0 Å². The number of benzene rings is 1. The normalized spacial score (nSPS) is 12.8. The zero-order valence-electron chi connectivity index (χ0n) is 11.9. The summed E-state index contributed by atoms with van der Waals surface area (Å²) in [5, 5.41) is 10.2. The van der Waals surface area contributed by atoms with Gasteiger partial charge in [0.05, 0.1) is 13.2 Å². The van der Waals surface area contributed by atoms with Crippen LogP contribution in [0.25, 0.3) is 0 Å². The van der Waals surface area contributed by atoms with Crippen molar-refractivity contribution in [2.75, 3.05) is 12.9 Å². The van der Waals surface area contributed by atoms with Gasteiger partial charge in [-0.05, 0) is 25.7 Å². The lowest BCUT2D eigenvalue weighted by Gasteiger charge is -2.09. The average Bonchev–Trinajstić information content (AvgIpc) is 2.44. The van der Waals surface area contributed by atoms with E-state index in [0.717, 1.165) is 5.56 Å². The summed E-state index contributed by atoms with van der Waals surface area (Å²) in [4.78, 5) is 16.3. The molecule has 0 atom stereocenters. The Hall–Kier alpha value is -1.75. The molecule has 0 bridgehead atoms. The third kappa shape index (κ3) is 4.74. The van der Waals surface area contributed by atoms with Crippen LogP contribution in [0.15, 0.2) is 46.7 Å². The van der Waals surface area contributed by atoms with Crippen molar-refractivity contribution in [3.63, 3.8) is 0 Å². The number of nitrogens with zero attached hydrogens (tertiary/aromatic N) is 1. The fourth-order valence-electron chi connectivity index (χ4n) is 1.59. The van der Waals surface area contributed by atoms with Crippen LogP contribution in [0.3, 0.4) is 0 Å². The predicted octanol–water partition coefficient (Wildman–Crippen LogP) is 3.34. The Kier molecular flexibility index (Phi) is 6.87. The van der Waals surface area contributed by atoms with Gasteiger partial charge >= 0.3 is 5.97 Å². The van der Waals surface area contributed by atoms with E-state index >= 15 is 0 Å². The Morgan fingerprint density at radius 2 is 2.00 bits per heavy atom. The number of carbonyl (C=O) groups excluding carboxylic acids is 1. The van der Waals surface area contributed by atoms with E-state index in [1.54, 1.807) is 6.92 Å². The monoisotopic (exact) mass is 293 g/mol. The van der Waals surface area contributed by atoms with Crippen LogP contribution in [0, 0.1) is 0 Å². The number of ether oxygens (including phenoxy) is 1. The molecule has 5 heteroatoms. The van der Waals surface area contributed by atoms with Crippen molar-refractivity contribution < 1.29 is 14.6 Å². The van der Waals surface area contributed by atoms with Gasteiger partial charge in [-0.15, -0.1) is 11.8 Å². The zero-order chi connectivity index (χ0) is 15.0. The van der Waals surface area contributed by atoms with E-state index in [1.165, 1.54) is 18.7 Å². The summed E-state index contributed by atoms with van der Waals surface area (Å²) in [6, 6.07) is 9.72. The molecule has 108 valence electrons. The smallest absolute Gasteiger partial charge is 0.344 e. The summed E-state index contributed by atoms with van der Waals surface area (Å²) < 4.78 is 4.95. The predicted molar refractivity (Wildman–Crippen MR) is 83.1 cm³/mol. The zero-order valence-corrected chi connectivity index (χ0v) is 12.7. The highest BCUT2D eigenvalue weighted by Gasteiger charge is 2.20. The summed E-state index contributed by atoms with van der Waals surface area (Å²) in [7, 11) is 0. The maximum atomic E-state index is 11.9. The third-order valence-electron chi connectivity index (χ3n) is 2.50. The molecule has 0 heterocycles. The van der Waals surface area contributed by atoms with E-state index in [1.807, 2.05) is 36.6 Å². The van der Waals surface area contributed by atoms with Gasteiger partial charge in [-0.25, -0.2) is 4.79 Å². The number of rotatable bonds is 5. The van der Waals surface area contributed by atoms with Crippen LogP contribution >= 0.6 is 11.8 Å². The molecule has 4 nitrogen and oxygen atoms in total. The van der Waals surface area contributed by atoms with E-state index in [4.69, 9.17) is 4.74 Å². The van der Waals surface area contributed by atoms with Crippen molar-refractivity contribution in [3.05, 3.63) is 47.2 Å². The molecule has 0 saturated heterocycles. The van der Waals surface area contributed by atoms with Gasteiger partial charge in [-0.2, -0.15) is 0 Å². The molecule has 1 aromatic carbocycles. The number of hydrogen-bond donors (Lipinski definition) is 1. The summed E-state index contributed by atoms with van der Waals surface area (Å²) >= 11 is 1.31. The minimum Gasteiger partial charge on any atom is -0.512 e. The van der Waals surface area contributed by atoms with Gasteiger partial charge in [0.1, 0.15) is 16.4 Å². The van der Waals surface area contributed by atoms with Crippen molar-refractivity contribution in [2.24, 2.45) is 4.99 Å². The van der Waals surface area contributed by atoms with Crippen LogP contribution < -0.4 is 0 Å². The van der Waals surface area contributed by atoms with Crippen molar-refractivity contribution in [3.8, 4) is 0 Å². The fourth-order valence-corrected chi connectivity index (χ4v) is 2.21. The lowest BCUT2D eigenvalue weighted by atomic mass is 10.2. The van der Waals surface area contributed by atoms with E-state index in [0.29, 0.717) is 11.6 Å². The largest absolute Gasteiger partial charge is 0.512 e. The van der Waals surface area contributed by atoms with E-state index in [-0.39, 0.29) is 17.9 Å². The van der Waals surface area contributed by atoms with Gasteiger partial charge in [0, 0.05) is 0 Å². The van der Waals surface area contributed by atoms with Gasteiger partial charge in [-0.1, -0.05) is 30.3 Å². The molecule has 0 aromatic heterocycles. The maximum absolute atomic E-state index is 11.9. The van der Waals surface area contributed by atoms with Gasteiger partial charge in [0.2, 0.25) is 0 Å². The highest BCUT2D eigenvalue weighted by atomic mass is 32.2. The molecule has 1 aromatic rings. The second kappa shape index (κ2) is 8.43. The first-order chi connectivity index (χ1) is 9.60. The van der Waals surface area contributed by atoms with Crippen LogP contribution in [0.4, 0.5) is 0 Å². The molecule has 20 heavy (non-hydrogen) atoms. The second-order valence-electron chi connectivity index (χ2n) is 3.99. The SMILES string of the molecule is CCOC(=O)/C(C(=NCc1ccccc1)SC)=C(\C)O. The number of allylic oxidation sites excluding steroid dienone is 1. The van der Waals surface area contributed by atoms with Crippen LogP contribution in [0.1, 0.15) is 19.4 Å². The molecule has 0 unspecified atom stereocenters. The number of aliphatic imine (C=N–C) groups is 1. The molecule has 1 N–H and O–H groups in total. The van der Waals surface area contributed by atoms with Crippen molar-refractivity contribution >= 4 is 22.8 Å². The van der Waals surface area contributed by atoms with E-state index < -0.39 is 5.97 Å². The molecule has 0 amide bonds. The van der Waals surface area contributed by atoms with Crippen LogP contribution in [-0.4, -0.2) is 29.0 Å². The van der Waals surface area contributed by atoms with Gasteiger partial charge < -0.3 is 9.84 Å². The van der Waals surface area contributed by atoms with Crippen LogP contribution in [-0.2, 0) is 16.1 Å². The van der Waals surface area contributed by atoms with E-state index in [2.05, 4.69) is 4.99 Å². The van der Waals surface area contributed by atoms with Crippen LogP contribution in [0.2, 0.25) is 0 Å². The number of aliphatic hydroxyl groups is 1. The van der Waals surface area contributed by atoms with E-state index in [9.17, 15) is 9.90 Å². The minimum absolute atomic E-state index is 0.0791. The molecule has 0 saturated carbocycles. The average molecular weight is 293 g/mol. The standard InChI is InChI=1S/C15H19NO3S/c1-4-19-15(18)13(11(2)17)14(20-3)16-10-12-8-6-5-7-9-12/h5-9,17H,4,10H2,1-3H3/b13-11+,16-14?. The van der Waals surface area contributed by atoms with Crippen LogP contribution in [0.5, 0.6) is 0 Å². The fraction of sp³-hybridized carbons (Fsp3) is 0.333. The number of hydrogen-bond acceptors (Lipinski definition) is 5. The summed E-state index contributed by atoms with van der Waals surface area (Å²) in [6.07, 6.45) is 1.81.